The summed E-state index contributed by atoms with van der Waals surface area (Å²) in [5.74, 6) is -0.157. The summed E-state index contributed by atoms with van der Waals surface area (Å²) < 4.78 is 38.7. The van der Waals surface area contributed by atoms with E-state index in [2.05, 4.69) is 9.88 Å². The average Bonchev–Trinajstić information content (AvgIpc) is 2.79. The van der Waals surface area contributed by atoms with Crippen LogP contribution in [0, 0.1) is 0 Å². The van der Waals surface area contributed by atoms with Crippen LogP contribution in [-0.4, -0.2) is 74.5 Å². The number of benzene rings is 1. The van der Waals surface area contributed by atoms with E-state index in [-0.39, 0.29) is 42.7 Å². The number of aromatic nitrogens is 1. The zero-order chi connectivity index (χ0) is 22.3. The molecular weight excluding hydrogens is 491 g/mol. The van der Waals surface area contributed by atoms with E-state index in [9.17, 15) is 13.2 Å². The summed E-state index contributed by atoms with van der Waals surface area (Å²) in [4.78, 5) is 18.8. The maximum atomic E-state index is 13.5. The van der Waals surface area contributed by atoms with Gasteiger partial charge < -0.3 is 15.2 Å². The third kappa shape index (κ3) is 7.80. The van der Waals surface area contributed by atoms with Crippen molar-refractivity contribution >= 4 is 40.7 Å². The van der Waals surface area contributed by atoms with Crippen molar-refractivity contribution in [3.63, 3.8) is 0 Å². The number of nitrogens with two attached hydrogens (primary N) is 1. The number of amides is 1. The first-order chi connectivity index (χ1) is 14.9. The molecule has 1 saturated heterocycles. The van der Waals surface area contributed by atoms with Crippen LogP contribution in [0.4, 0.5) is 0 Å². The zero-order valence-corrected chi connectivity index (χ0v) is 20.8. The fraction of sp³-hybridized carbons (Fsp3) is 0.429. The van der Waals surface area contributed by atoms with Crippen LogP contribution in [0.3, 0.4) is 0 Å². The molecule has 1 fully saturated rings. The first-order valence-corrected chi connectivity index (χ1v) is 11.5. The van der Waals surface area contributed by atoms with Crippen molar-refractivity contribution < 1.29 is 22.7 Å². The standard InChI is InChI=1S/C21H28N4O5S.2ClH/c1-29-18-5-7-19(8-6-18)31(27,28)25(16-17-4-2-3-10-23-17)20(21(22)26)9-11-24-12-14-30-15-13-24;;/h2-8,10,20H,9,11-16H2,1H3,(H2,22,26);2*1H. The second-order valence-electron chi connectivity index (χ2n) is 7.21. The first kappa shape index (κ1) is 29.1. The minimum atomic E-state index is -4.03. The van der Waals surface area contributed by atoms with Crippen molar-refractivity contribution in [3.8, 4) is 5.75 Å². The van der Waals surface area contributed by atoms with Gasteiger partial charge in [0.25, 0.3) is 0 Å². The minimum Gasteiger partial charge on any atom is -0.497 e. The number of halogens is 2. The van der Waals surface area contributed by atoms with Gasteiger partial charge in [-0.2, -0.15) is 4.31 Å². The third-order valence-electron chi connectivity index (χ3n) is 5.21. The average molecular weight is 521 g/mol. The lowest BCUT2D eigenvalue weighted by molar-refractivity contribution is -0.122. The van der Waals surface area contributed by atoms with Gasteiger partial charge in [-0.25, -0.2) is 8.42 Å². The number of carbonyl (C=O) groups excluding carboxylic acids is 1. The Hall–Kier alpha value is -1.95. The number of hydrogen-bond acceptors (Lipinski definition) is 7. The Labute approximate surface area is 207 Å². The quantitative estimate of drug-likeness (QED) is 0.506. The number of carbonyl (C=O) groups is 1. The van der Waals surface area contributed by atoms with Crippen LogP contribution in [0.5, 0.6) is 5.75 Å². The van der Waals surface area contributed by atoms with Gasteiger partial charge in [0, 0.05) is 25.8 Å². The summed E-state index contributed by atoms with van der Waals surface area (Å²) in [6, 6.07) is 10.3. The molecule has 0 aliphatic carbocycles. The van der Waals surface area contributed by atoms with Crippen molar-refractivity contribution in [3.05, 3.63) is 54.4 Å². The van der Waals surface area contributed by atoms with Crippen LogP contribution in [-0.2, 0) is 26.1 Å². The lowest BCUT2D eigenvalue weighted by atomic mass is 10.1. The summed E-state index contributed by atoms with van der Waals surface area (Å²) in [6.45, 7) is 3.17. The van der Waals surface area contributed by atoms with E-state index in [0.29, 0.717) is 31.2 Å². The van der Waals surface area contributed by atoms with Crippen LogP contribution < -0.4 is 10.5 Å². The SMILES string of the molecule is COc1ccc(S(=O)(=O)N(Cc2ccccn2)C(CCN2CCOCC2)C(N)=O)cc1.Cl.Cl. The van der Waals surface area contributed by atoms with E-state index >= 15 is 0 Å². The molecule has 12 heteroatoms. The van der Waals surface area contributed by atoms with Gasteiger partial charge in [0.15, 0.2) is 0 Å². The molecule has 0 bridgehead atoms. The molecule has 1 aromatic carbocycles. The molecule has 1 aromatic heterocycles. The van der Waals surface area contributed by atoms with Gasteiger partial charge in [-0.05, 0) is 42.8 Å². The van der Waals surface area contributed by atoms with Crippen molar-refractivity contribution in [2.45, 2.75) is 23.9 Å². The molecule has 1 amide bonds. The minimum absolute atomic E-state index is 0. The number of methoxy groups -OCH3 is 1. The zero-order valence-electron chi connectivity index (χ0n) is 18.3. The topological polar surface area (TPSA) is 115 Å². The van der Waals surface area contributed by atoms with Crippen LogP contribution in [0.25, 0.3) is 0 Å². The Kier molecular flexibility index (Phi) is 12.1. The van der Waals surface area contributed by atoms with E-state index in [1.807, 2.05) is 0 Å². The molecule has 1 unspecified atom stereocenters. The van der Waals surface area contributed by atoms with Crippen molar-refractivity contribution in [2.75, 3.05) is 40.0 Å². The normalized spacial score (nSPS) is 15.2. The highest BCUT2D eigenvalue weighted by atomic mass is 35.5. The van der Waals surface area contributed by atoms with E-state index in [0.717, 1.165) is 17.4 Å². The van der Waals surface area contributed by atoms with Gasteiger partial charge in [0.1, 0.15) is 11.8 Å². The molecule has 1 atom stereocenters. The summed E-state index contributed by atoms with van der Waals surface area (Å²) in [6.07, 6.45) is 1.86. The van der Waals surface area contributed by atoms with Gasteiger partial charge in [-0.1, -0.05) is 6.07 Å². The van der Waals surface area contributed by atoms with Crippen LogP contribution in [0.2, 0.25) is 0 Å². The van der Waals surface area contributed by atoms with Crippen molar-refractivity contribution in [2.24, 2.45) is 5.73 Å². The summed E-state index contributed by atoms with van der Waals surface area (Å²) in [5.41, 5.74) is 6.22. The molecule has 1 aliphatic heterocycles. The Bertz CT molecular complexity index is 958. The van der Waals surface area contributed by atoms with Gasteiger partial charge in [-0.15, -0.1) is 24.8 Å². The van der Waals surface area contributed by atoms with Crippen LogP contribution >= 0.6 is 24.8 Å². The van der Waals surface area contributed by atoms with Crippen LogP contribution in [0.15, 0.2) is 53.6 Å². The lowest BCUT2D eigenvalue weighted by Gasteiger charge is -2.32. The molecule has 0 radical (unpaired) electrons. The summed E-state index contributed by atoms with van der Waals surface area (Å²) in [7, 11) is -2.52. The molecule has 33 heavy (non-hydrogen) atoms. The Balaban J connectivity index is 0.00000272. The number of hydrogen-bond donors (Lipinski definition) is 1. The fourth-order valence-corrected chi connectivity index (χ4v) is 5.05. The number of rotatable bonds is 10. The van der Waals surface area contributed by atoms with Crippen molar-refractivity contribution in [1.82, 2.24) is 14.2 Å². The lowest BCUT2D eigenvalue weighted by Crippen LogP contribution is -2.49. The molecule has 3 rings (SSSR count). The van der Waals surface area contributed by atoms with E-state index in [1.165, 1.54) is 19.2 Å². The number of nitrogens with zero attached hydrogens (tertiary/aromatic N) is 3. The monoisotopic (exact) mass is 520 g/mol. The summed E-state index contributed by atoms with van der Waals surface area (Å²) in [5, 5.41) is 0. The number of morpholine rings is 1. The van der Waals surface area contributed by atoms with E-state index in [4.69, 9.17) is 15.2 Å². The second-order valence-corrected chi connectivity index (χ2v) is 9.10. The maximum Gasteiger partial charge on any atom is 0.244 e. The molecule has 1 aliphatic rings. The fourth-order valence-electron chi connectivity index (χ4n) is 3.45. The van der Waals surface area contributed by atoms with Gasteiger partial charge >= 0.3 is 0 Å². The largest absolute Gasteiger partial charge is 0.497 e. The first-order valence-electron chi connectivity index (χ1n) is 10.1. The number of pyridine rings is 1. The Morgan fingerprint density at radius 2 is 1.85 bits per heavy atom. The molecule has 2 aromatic rings. The number of primary amides is 1. The predicted molar refractivity (Wildman–Crippen MR) is 129 cm³/mol. The highest BCUT2D eigenvalue weighted by Crippen LogP contribution is 2.24. The predicted octanol–water partition coefficient (Wildman–Crippen LogP) is 1.70. The van der Waals surface area contributed by atoms with Crippen LogP contribution in [0.1, 0.15) is 12.1 Å². The molecule has 2 heterocycles. The van der Waals surface area contributed by atoms with E-state index < -0.39 is 22.0 Å². The Morgan fingerprint density at radius 1 is 1.18 bits per heavy atom. The maximum absolute atomic E-state index is 13.5. The number of ether oxygens (including phenoxy) is 2. The van der Waals surface area contributed by atoms with E-state index in [1.54, 1.807) is 36.5 Å². The van der Waals surface area contributed by atoms with Gasteiger partial charge in [0.05, 0.1) is 37.5 Å². The van der Waals surface area contributed by atoms with Crippen molar-refractivity contribution in [1.29, 1.82) is 0 Å². The molecule has 9 nitrogen and oxygen atoms in total. The van der Waals surface area contributed by atoms with Gasteiger partial charge in [-0.3, -0.25) is 14.7 Å². The molecular formula is C21H30Cl2N4O5S. The molecule has 184 valence electrons. The highest BCUT2D eigenvalue weighted by Gasteiger charge is 2.35. The smallest absolute Gasteiger partial charge is 0.244 e. The molecule has 2 N–H and O–H groups in total. The third-order valence-corrected chi connectivity index (χ3v) is 7.08. The second kappa shape index (κ2) is 13.7. The molecule has 0 saturated carbocycles. The summed E-state index contributed by atoms with van der Waals surface area (Å²) >= 11 is 0. The number of sulfonamides is 1. The van der Waals surface area contributed by atoms with Gasteiger partial charge in [0.2, 0.25) is 15.9 Å². The Morgan fingerprint density at radius 3 is 2.39 bits per heavy atom. The highest BCUT2D eigenvalue weighted by molar-refractivity contribution is 7.89. The molecule has 0 spiro atoms.